The van der Waals surface area contributed by atoms with Gasteiger partial charge in [0.1, 0.15) is 5.75 Å². The lowest BCUT2D eigenvalue weighted by Crippen LogP contribution is -2.48. The van der Waals surface area contributed by atoms with Crippen LogP contribution in [0, 0.1) is 0 Å². The van der Waals surface area contributed by atoms with Crippen LogP contribution in [0.3, 0.4) is 0 Å². The van der Waals surface area contributed by atoms with Crippen molar-refractivity contribution in [2.24, 2.45) is 0 Å². The number of rotatable bonds is 12. The number of ether oxygens (including phenoxy) is 2. The van der Waals surface area contributed by atoms with Crippen molar-refractivity contribution in [3.05, 3.63) is 71.0 Å². The summed E-state index contributed by atoms with van der Waals surface area (Å²) in [6.45, 7) is 13.4. The van der Waals surface area contributed by atoms with E-state index < -0.39 is 0 Å². The number of carbonyl (C=O) groups is 1. The van der Waals surface area contributed by atoms with Crippen LogP contribution in [0.1, 0.15) is 56.0 Å². The van der Waals surface area contributed by atoms with Crippen LogP contribution in [0.2, 0.25) is 0 Å². The van der Waals surface area contributed by atoms with Crippen molar-refractivity contribution in [1.29, 1.82) is 0 Å². The Bertz CT molecular complexity index is 1700. The van der Waals surface area contributed by atoms with Crippen LogP contribution < -0.4 is 26.0 Å². The zero-order chi connectivity index (χ0) is 33.5. The van der Waals surface area contributed by atoms with E-state index in [2.05, 4.69) is 82.4 Å². The van der Waals surface area contributed by atoms with Crippen LogP contribution in [0.25, 0.3) is 22.2 Å². The zero-order valence-corrected chi connectivity index (χ0v) is 28.8. The van der Waals surface area contributed by atoms with Gasteiger partial charge in [0, 0.05) is 87.9 Å². The Hall–Kier alpha value is -4.19. The highest BCUT2D eigenvalue weighted by Crippen LogP contribution is 2.33. The molecule has 256 valence electrons. The van der Waals surface area contributed by atoms with Crippen LogP contribution in [0.5, 0.6) is 5.75 Å². The van der Waals surface area contributed by atoms with Gasteiger partial charge in [-0.25, -0.2) is 14.5 Å². The summed E-state index contributed by atoms with van der Waals surface area (Å²) >= 11 is 0. The van der Waals surface area contributed by atoms with Gasteiger partial charge in [-0.3, -0.25) is 4.90 Å². The van der Waals surface area contributed by atoms with Gasteiger partial charge in [-0.2, -0.15) is 5.10 Å². The molecule has 11 heteroatoms. The molecule has 2 aromatic carbocycles. The molecule has 0 radical (unpaired) electrons. The van der Waals surface area contributed by atoms with Crippen molar-refractivity contribution in [3.63, 3.8) is 0 Å². The fraction of sp³-hybridized carbons (Fsp3) is 0.486. The molecule has 0 bridgehead atoms. The molecular formula is C37H50N8O3. The van der Waals surface area contributed by atoms with Crippen molar-refractivity contribution in [1.82, 2.24) is 35.6 Å². The van der Waals surface area contributed by atoms with E-state index in [0.29, 0.717) is 25.2 Å². The lowest BCUT2D eigenvalue weighted by Gasteiger charge is -2.31. The maximum atomic E-state index is 13.2. The molecule has 0 saturated carbocycles. The van der Waals surface area contributed by atoms with Crippen molar-refractivity contribution in [2.75, 3.05) is 45.3 Å². The van der Waals surface area contributed by atoms with E-state index in [9.17, 15) is 4.79 Å². The molecule has 4 N–H and O–H groups in total. The third-order valence-electron chi connectivity index (χ3n) is 9.42. The zero-order valence-electron chi connectivity index (χ0n) is 28.8. The molecule has 4 aromatic rings. The number of aryl methyl sites for hydroxylation is 2. The van der Waals surface area contributed by atoms with Crippen LogP contribution in [0.15, 0.2) is 48.7 Å². The molecule has 48 heavy (non-hydrogen) atoms. The highest BCUT2D eigenvalue weighted by Gasteiger charge is 2.22. The predicted molar refractivity (Wildman–Crippen MR) is 190 cm³/mol. The summed E-state index contributed by atoms with van der Waals surface area (Å²) in [5.74, 6) is 0.807. The number of aromatic nitrogens is 3. The van der Waals surface area contributed by atoms with Gasteiger partial charge < -0.3 is 30.7 Å². The van der Waals surface area contributed by atoms with Crippen LogP contribution in [-0.2, 0) is 37.3 Å². The molecule has 0 aliphatic carbocycles. The molecule has 0 unspecified atom stereocenters. The maximum Gasteiger partial charge on any atom is 0.315 e. The van der Waals surface area contributed by atoms with Gasteiger partial charge in [0.25, 0.3) is 0 Å². The quantitative estimate of drug-likeness (QED) is 0.167. The number of nitrogens with zero attached hydrogens (tertiary/aromatic N) is 4. The SMILES string of the molecule is CCc1nc2c(cnn2CC)c(NC2CCOCC2)c1CNC(=O)NCc1ccc(OC)c(-c2cccc(CN3CCN[C@@H](C)C3)c2)c1. The molecule has 4 heterocycles. The minimum Gasteiger partial charge on any atom is -0.496 e. The Morgan fingerprint density at radius 1 is 1.08 bits per heavy atom. The highest BCUT2D eigenvalue weighted by atomic mass is 16.5. The normalized spacial score (nSPS) is 17.4. The van der Waals surface area contributed by atoms with Gasteiger partial charge in [0.05, 0.1) is 24.4 Å². The lowest BCUT2D eigenvalue weighted by atomic mass is 9.99. The molecule has 1 atom stereocenters. The molecule has 2 aliphatic heterocycles. The van der Waals surface area contributed by atoms with Crippen LogP contribution in [-0.4, -0.2) is 77.7 Å². The third kappa shape index (κ3) is 7.91. The number of hydrogen-bond acceptors (Lipinski definition) is 8. The Kier molecular flexibility index (Phi) is 11.1. The van der Waals surface area contributed by atoms with Gasteiger partial charge in [-0.15, -0.1) is 0 Å². The number of piperazine rings is 1. The number of nitrogens with one attached hydrogen (secondary N) is 4. The molecule has 2 aliphatic rings. The topological polar surface area (TPSA) is 118 Å². The van der Waals surface area contributed by atoms with Gasteiger partial charge in [-0.1, -0.05) is 31.2 Å². The summed E-state index contributed by atoms with van der Waals surface area (Å²) in [6.07, 6.45) is 4.50. The summed E-state index contributed by atoms with van der Waals surface area (Å²) in [4.78, 5) is 20.7. The maximum absolute atomic E-state index is 13.2. The number of amides is 2. The summed E-state index contributed by atoms with van der Waals surface area (Å²) in [7, 11) is 1.70. The number of pyridine rings is 1. The molecular weight excluding hydrogens is 604 g/mol. The van der Waals surface area contributed by atoms with Crippen molar-refractivity contribution in [3.8, 4) is 16.9 Å². The first-order chi connectivity index (χ1) is 23.4. The van der Waals surface area contributed by atoms with Gasteiger partial charge in [-0.05, 0) is 68.0 Å². The van der Waals surface area contributed by atoms with E-state index in [0.717, 1.165) is 116 Å². The van der Waals surface area contributed by atoms with E-state index in [-0.39, 0.29) is 6.03 Å². The second-order valence-corrected chi connectivity index (χ2v) is 12.9. The predicted octanol–water partition coefficient (Wildman–Crippen LogP) is 5.07. The van der Waals surface area contributed by atoms with Gasteiger partial charge >= 0.3 is 6.03 Å². The van der Waals surface area contributed by atoms with E-state index in [1.165, 1.54) is 5.56 Å². The van der Waals surface area contributed by atoms with E-state index in [4.69, 9.17) is 14.5 Å². The molecule has 0 spiro atoms. The first-order valence-corrected chi connectivity index (χ1v) is 17.4. The number of hydrogen-bond donors (Lipinski definition) is 4. The first kappa shape index (κ1) is 33.7. The minimum atomic E-state index is -0.233. The second kappa shape index (κ2) is 15.8. The number of methoxy groups -OCH3 is 1. The number of urea groups is 1. The molecule has 2 amide bonds. The van der Waals surface area contributed by atoms with E-state index in [1.54, 1.807) is 7.11 Å². The summed E-state index contributed by atoms with van der Waals surface area (Å²) < 4.78 is 13.3. The molecule has 11 nitrogen and oxygen atoms in total. The van der Waals surface area contributed by atoms with Crippen LogP contribution >= 0.6 is 0 Å². The molecule has 6 rings (SSSR count). The molecule has 2 saturated heterocycles. The number of benzene rings is 2. The monoisotopic (exact) mass is 654 g/mol. The smallest absolute Gasteiger partial charge is 0.315 e. The van der Waals surface area contributed by atoms with Crippen molar-refractivity contribution >= 4 is 22.8 Å². The fourth-order valence-corrected chi connectivity index (χ4v) is 6.86. The largest absolute Gasteiger partial charge is 0.496 e. The average Bonchev–Trinajstić information content (AvgIpc) is 3.53. The third-order valence-corrected chi connectivity index (χ3v) is 9.42. The Morgan fingerprint density at radius 2 is 1.92 bits per heavy atom. The van der Waals surface area contributed by atoms with E-state index >= 15 is 0 Å². The Labute approximate surface area is 283 Å². The van der Waals surface area contributed by atoms with Crippen molar-refractivity contribution < 1.29 is 14.3 Å². The number of fused-ring (bicyclic) bond motifs is 1. The average molecular weight is 655 g/mol. The highest BCUT2D eigenvalue weighted by molar-refractivity contribution is 5.92. The minimum absolute atomic E-state index is 0.233. The molecule has 2 fully saturated rings. The lowest BCUT2D eigenvalue weighted by molar-refractivity contribution is 0.0904. The van der Waals surface area contributed by atoms with Crippen LogP contribution in [0.4, 0.5) is 10.5 Å². The fourth-order valence-electron chi connectivity index (χ4n) is 6.86. The van der Waals surface area contributed by atoms with Crippen molar-refractivity contribution in [2.45, 2.75) is 78.3 Å². The molecule has 2 aromatic heterocycles. The standard InChI is InChI=1S/C37H50N8O3/c1-5-33-31(35(42-29-12-16-48-17-13-29)32-22-41-45(6-2)36(32)43-33)21-40-37(46)39-20-26-10-11-34(47-4)30(19-26)28-9-7-8-27(18-28)24-44-15-14-38-25(3)23-44/h7-11,18-19,22,25,29,38H,5-6,12-17,20-21,23-24H2,1-4H3,(H,42,43)(H2,39,40,46)/t25-/m0/s1. The summed E-state index contributed by atoms with van der Waals surface area (Å²) in [5.41, 5.74) is 8.23. The summed E-state index contributed by atoms with van der Waals surface area (Å²) in [5, 5.41) is 19.1. The Balaban J connectivity index is 1.15. The van der Waals surface area contributed by atoms with Gasteiger partial charge in [0.15, 0.2) is 5.65 Å². The second-order valence-electron chi connectivity index (χ2n) is 12.9. The first-order valence-electron chi connectivity index (χ1n) is 17.4. The number of carbonyl (C=O) groups excluding carboxylic acids is 1. The Morgan fingerprint density at radius 3 is 2.69 bits per heavy atom. The van der Waals surface area contributed by atoms with Gasteiger partial charge in [0.2, 0.25) is 0 Å². The van der Waals surface area contributed by atoms with E-state index in [1.807, 2.05) is 23.0 Å². The summed E-state index contributed by atoms with van der Waals surface area (Å²) in [6, 6.07) is 15.3. The number of anilines is 1.